The lowest BCUT2D eigenvalue weighted by atomic mass is 10.1. The average Bonchev–Trinajstić information content (AvgIpc) is 3.00. The van der Waals surface area contributed by atoms with E-state index in [2.05, 4.69) is 46.4 Å². The Labute approximate surface area is 94.0 Å². The predicted molar refractivity (Wildman–Crippen MR) is 64.6 cm³/mol. The smallest absolute Gasteiger partial charge is 0.0486 e. The van der Waals surface area contributed by atoms with Crippen LogP contribution in [0.4, 0.5) is 5.69 Å². The normalized spacial score (nSPS) is 17.9. The van der Waals surface area contributed by atoms with E-state index in [1.807, 2.05) is 6.07 Å². The van der Waals surface area contributed by atoms with E-state index in [1.165, 1.54) is 29.4 Å². The molecule has 0 heterocycles. The van der Waals surface area contributed by atoms with Gasteiger partial charge in [-0.05, 0) is 53.2 Å². The van der Waals surface area contributed by atoms with Crippen LogP contribution in [-0.2, 0) is 0 Å². The van der Waals surface area contributed by atoms with Crippen molar-refractivity contribution in [1.29, 1.82) is 0 Å². The van der Waals surface area contributed by atoms with Gasteiger partial charge < -0.3 is 5.32 Å². The molecular formula is C12H16BrN. The van der Waals surface area contributed by atoms with Gasteiger partial charge in [-0.1, -0.05) is 19.1 Å². The fraction of sp³-hybridized carbons (Fsp3) is 0.500. The second-order valence-electron chi connectivity index (χ2n) is 3.98. The highest BCUT2D eigenvalue weighted by atomic mass is 79.9. The van der Waals surface area contributed by atoms with Crippen LogP contribution in [0.1, 0.15) is 26.2 Å². The van der Waals surface area contributed by atoms with Gasteiger partial charge in [0, 0.05) is 16.2 Å². The Hall–Kier alpha value is -0.500. The summed E-state index contributed by atoms with van der Waals surface area (Å²) in [5.41, 5.74) is 1.23. The molecule has 0 radical (unpaired) electrons. The number of hydrogen-bond acceptors (Lipinski definition) is 1. The summed E-state index contributed by atoms with van der Waals surface area (Å²) >= 11 is 3.56. The SMILES string of the molecule is CCC(Nc1ccccc1Br)C1CC1. The van der Waals surface area contributed by atoms with Gasteiger partial charge in [-0.3, -0.25) is 0 Å². The Morgan fingerprint density at radius 2 is 2.14 bits per heavy atom. The summed E-state index contributed by atoms with van der Waals surface area (Å²) < 4.78 is 1.17. The number of nitrogens with one attached hydrogen (secondary N) is 1. The number of rotatable bonds is 4. The van der Waals surface area contributed by atoms with Crippen LogP contribution >= 0.6 is 15.9 Å². The second-order valence-corrected chi connectivity index (χ2v) is 4.83. The molecule has 14 heavy (non-hydrogen) atoms. The number of halogens is 1. The van der Waals surface area contributed by atoms with Gasteiger partial charge in [0.1, 0.15) is 0 Å². The first-order chi connectivity index (χ1) is 6.81. The maximum atomic E-state index is 3.61. The molecule has 0 bridgehead atoms. The van der Waals surface area contributed by atoms with Gasteiger partial charge in [0.05, 0.1) is 0 Å². The van der Waals surface area contributed by atoms with Crippen molar-refractivity contribution in [3.63, 3.8) is 0 Å². The molecule has 1 saturated carbocycles. The molecule has 1 aromatic rings. The fourth-order valence-electron chi connectivity index (χ4n) is 1.83. The molecule has 1 atom stereocenters. The highest BCUT2D eigenvalue weighted by Crippen LogP contribution is 2.36. The minimum Gasteiger partial charge on any atom is -0.381 e. The molecule has 0 amide bonds. The van der Waals surface area contributed by atoms with E-state index < -0.39 is 0 Å². The number of benzene rings is 1. The van der Waals surface area contributed by atoms with Crippen molar-refractivity contribution in [2.75, 3.05) is 5.32 Å². The summed E-state index contributed by atoms with van der Waals surface area (Å²) in [6.45, 7) is 2.26. The predicted octanol–water partition coefficient (Wildman–Crippen LogP) is 4.05. The van der Waals surface area contributed by atoms with E-state index in [0.29, 0.717) is 6.04 Å². The minimum absolute atomic E-state index is 0.661. The topological polar surface area (TPSA) is 12.0 Å². The van der Waals surface area contributed by atoms with Gasteiger partial charge >= 0.3 is 0 Å². The van der Waals surface area contributed by atoms with Crippen LogP contribution in [0.3, 0.4) is 0 Å². The van der Waals surface area contributed by atoms with Crippen molar-refractivity contribution in [3.05, 3.63) is 28.7 Å². The third-order valence-corrected chi connectivity index (χ3v) is 3.54. The van der Waals surface area contributed by atoms with E-state index in [4.69, 9.17) is 0 Å². The maximum absolute atomic E-state index is 3.61. The average molecular weight is 254 g/mol. The van der Waals surface area contributed by atoms with Crippen LogP contribution in [-0.4, -0.2) is 6.04 Å². The molecule has 1 aliphatic carbocycles. The molecule has 1 unspecified atom stereocenters. The summed E-state index contributed by atoms with van der Waals surface area (Å²) in [4.78, 5) is 0. The molecule has 2 heteroatoms. The molecule has 1 fully saturated rings. The zero-order valence-electron chi connectivity index (χ0n) is 8.46. The van der Waals surface area contributed by atoms with Gasteiger partial charge in [-0.2, -0.15) is 0 Å². The Morgan fingerprint density at radius 1 is 1.43 bits per heavy atom. The molecule has 1 aromatic carbocycles. The molecule has 0 aromatic heterocycles. The lowest BCUT2D eigenvalue weighted by Gasteiger charge is -2.18. The summed E-state index contributed by atoms with van der Waals surface area (Å²) in [7, 11) is 0. The summed E-state index contributed by atoms with van der Waals surface area (Å²) in [6, 6.07) is 9.01. The molecule has 0 aliphatic heterocycles. The van der Waals surface area contributed by atoms with Crippen molar-refractivity contribution in [2.45, 2.75) is 32.2 Å². The maximum Gasteiger partial charge on any atom is 0.0486 e. The molecule has 2 rings (SSSR count). The molecule has 76 valence electrons. The number of hydrogen-bond donors (Lipinski definition) is 1. The van der Waals surface area contributed by atoms with Crippen LogP contribution in [0.15, 0.2) is 28.7 Å². The monoisotopic (exact) mass is 253 g/mol. The van der Waals surface area contributed by atoms with Crippen LogP contribution in [0, 0.1) is 5.92 Å². The van der Waals surface area contributed by atoms with Crippen LogP contribution < -0.4 is 5.32 Å². The molecule has 0 spiro atoms. The first-order valence-corrected chi connectivity index (χ1v) is 6.11. The number of anilines is 1. The third kappa shape index (κ3) is 2.30. The molecule has 1 N–H and O–H groups in total. The molecule has 1 aliphatic rings. The van der Waals surface area contributed by atoms with Crippen molar-refractivity contribution >= 4 is 21.6 Å². The second kappa shape index (κ2) is 4.35. The Morgan fingerprint density at radius 3 is 2.71 bits per heavy atom. The lowest BCUT2D eigenvalue weighted by molar-refractivity contribution is 0.616. The molecular weight excluding hydrogens is 238 g/mol. The molecule has 0 saturated heterocycles. The fourth-order valence-corrected chi connectivity index (χ4v) is 2.23. The minimum atomic E-state index is 0.661. The highest BCUT2D eigenvalue weighted by Gasteiger charge is 2.29. The van der Waals surface area contributed by atoms with Crippen LogP contribution in [0.2, 0.25) is 0 Å². The molecule has 1 nitrogen and oxygen atoms in total. The van der Waals surface area contributed by atoms with E-state index in [0.717, 1.165) is 5.92 Å². The van der Waals surface area contributed by atoms with E-state index in [1.54, 1.807) is 0 Å². The lowest BCUT2D eigenvalue weighted by Crippen LogP contribution is -2.20. The van der Waals surface area contributed by atoms with E-state index in [-0.39, 0.29) is 0 Å². The van der Waals surface area contributed by atoms with E-state index in [9.17, 15) is 0 Å². The van der Waals surface area contributed by atoms with Crippen molar-refractivity contribution in [3.8, 4) is 0 Å². The third-order valence-electron chi connectivity index (χ3n) is 2.85. The Kier molecular flexibility index (Phi) is 3.12. The first-order valence-electron chi connectivity index (χ1n) is 5.32. The zero-order valence-corrected chi connectivity index (χ0v) is 10.0. The van der Waals surface area contributed by atoms with Crippen LogP contribution in [0.25, 0.3) is 0 Å². The van der Waals surface area contributed by atoms with Gasteiger partial charge in [0.2, 0.25) is 0 Å². The standard InChI is InChI=1S/C12H16BrN/c1-2-11(9-7-8-9)14-12-6-4-3-5-10(12)13/h3-6,9,11,14H,2,7-8H2,1H3. The Bertz CT molecular complexity index is 307. The zero-order chi connectivity index (χ0) is 9.97. The van der Waals surface area contributed by atoms with Gasteiger partial charge in [-0.25, -0.2) is 0 Å². The van der Waals surface area contributed by atoms with E-state index >= 15 is 0 Å². The summed E-state index contributed by atoms with van der Waals surface area (Å²) in [5.74, 6) is 0.909. The number of para-hydroxylation sites is 1. The Balaban J connectivity index is 2.04. The summed E-state index contributed by atoms with van der Waals surface area (Å²) in [6.07, 6.45) is 4.01. The highest BCUT2D eigenvalue weighted by molar-refractivity contribution is 9.10. The van der Waals surface area contributed by atoms with Crippen molar-refractivity contribution in [1.82, 2.24) is 0 Å². The van der Waals surface area contributed by atoms with Gasteiger partial charge in [-0.15, -0.1) is 0 Å². The first kappa shape index (κ1) is 10.0. The van der Waals surface area contributed by atoms with Crippen LogP contribution in [0.5, 0.6) is 0 Å². The van der Waals surface area contributed by atoms with Gasteiger partial charge in [0.25, 0.3) is 0 Å². The van der Waals surface area contributed by atoms with Gasteiger partial charge in [0.15, 0.2) is 0 Å². The van der Waals surface area contributed by atoms with Crippen molar-refractivity contribution < 1.29 is 0 Å². The largest absolute Gasteiger partial charge is 0.381 e. The summed E-state index contributed by atoms with van der Waals surface area (Å²) in [5, 5.41) is 3.61. The van der Waals surface area contributed by atoms with Crippen molar-refractivity contribution in [2.24, 2.45) is 5.92 Å². The quantitative estimate of drug-likeness (QED) is 0.854.